The number of piperidine rings is 1. The van der Waals surface area contributed by atoms with Crippen LogP contribution in [0.1, 0.15) is 42.1 Å². The molecule has 4 N–H and O–H groups in total. The molecule has 2 aliphatic rings. The largest absolute Gasteiger partial charge is 0.397 e. The lowest BCUT2D eigenvalue weighted by Gasteiger charge is -2.39. The van der Waals surface area contributed by atoms with Gasteiger partial charge in [-0.25, -0.2) is 4.79 Å². The molecule has 1 atom stereocenters. The van der Waals surface area contributed by atoms with Crippen LogP contribution in [0.4, 0.5) is 16.2 Å². The molecule has 2 aromatic carbocycles. The van der Waals surface area contributed by atoms with Crippen LogP contribution < -0.4 is 16.4 Å². The van der Waals surface area contributed by atoms with E-state index in [-0.39, 0.29) is 36.1 Å². The number of benzene rings is 2. The van der Waals surface area contributed by atoms with Crippen molar-refractivity contribution in [2.75, 3.05) is 30.7 Å². The van der Waals surface area contributed by atoms with Gasteiger partial charge in [-0.2, -0.15) is 0 Å². The number of nitrogen functional groups attached to an aromatic ring is 1. The van der Waals surface area contributed by atoms with Crippen LogP contribution >= 0.6 is 31.9 Å². The van der Waals surface area contributed by atoms with Gasteiger partial charge in [0.2, 0.25) is 11.8 Å². The van der Waals surface area contributed by atoms with E-state index in [1.165, 1.54) is 6.92 Å². The van der Waals surface area contributed by atoms with E-state index in [2.05, 4.69) is 42.5 Å². The summed E-state index contributed by atoms with van der Waals surface area (Å²) < 4.78 is 1.13. The van der Waals surface area contributed by atoms with Crippen LogP contribution in [0.2, 0.25) is 0 Å². The van der Waals surface area contributed by atoms with Gasteiger partial charge in [0, 0.05) is 59.2 Å². The lowest BCUT2D eigenvalue weighted by Crippen LogP contribution is -2.54. The fraction of sp³-hybridized carbons (Fsp3) is 0.385. The number of hydrogen-bond donors (Lipinski definition) is 3. The van der Waals surface area contributed by atoms with Crippen LogP contribution in [0, 0.1) is 0 Å². The maximum Gasteiger partial charge on any atom is 0.322 e. The predicted molar refractivity (Wildman–Crippen MR) is 148 cm³/mol. The van der Waals surface area contributed by atoms with E-state index < -0.39 is 6.04 Å². The summed E-state index contributed by atoms with van der Waals surface area (Å²) in [6.07, 6.45) is 1.83. The van der Waals surface area contributed by atoms with Crippen LogP contribution in [-0.2, 0) is 16.0 Å². The van der Waals surface area contributed by atoms with Gasteiger partial charge in [0.1, 0.15) is 6.04 Å². The number of anilines is 2. The molecule has 1 fully saturated rings. The van der Waals surface area contributed by atoms with Gasteiger partial charge < -0.3 is 26.2 Å². The third kappa shape index (κ3) is 6.32. The Hall–Kier alpha value is -2.92. The van der Waals surface area contributed by atoms with Crippen LogP contribution in [-0.4, -0.2) is 65.1 Å². The summed E-state index contributed by atoms with van der Waals surface area (Å²) in [5.74, 6) is -0.978. The van der Waals surface area contributed by atoms with Gasteiger partial charge in [0.05, 0.1) is 5.69 Å². The van der Waals surface area contributed by atoms with Crippen LogP contribution in [0.15, 0.2) is 45.3 Å². The number of urea groups is 1. The van der Waals surface area contributed by atoms with E-state index in [0.29, 0.717) is 52.7 Å². The van der Waals surface area contributed by atoms with Crippen molar-refractivity contribution in [1.82, 2.24) is 15.1 Å². The Morgan fingerprint density at radius 1 is 1.11 bits per heavy atom. The molecule has 0 bridgehead atoms. The van der Waals surface area contributed by atoms with Crippen molar-refractivity contribution in [2.24, 2.45) is 0 Å². The monoisotopic (exact) mass is 633 g/mol. The minimum atomic E-state index is -0.979. The van der Waals surface area contributed by atoms with E-state index in [1.54, 1.807) is 17.0 Å². The van der Waals surface area contributed by atoms with Gasteiger partial charge in [-0.05, 0) is 74.9 Å². The predicted octanol–water partition coefficient (Wildman–Crippen LogP) is 3.95. The van der Waals surface area contributed by atoms with Gasteiger partial charge in [-0.3, -0.25) is 14.4 Å². The number of halogens is 2. The molecule has 4 rings (SSSR count). The SMILES string of the molecule is CC(=O)NC(CC(=O)c1cc(Br)c(N)c(Br)c1)C(=O)N1CCC(N2CCc3ccccc3NC2=O)CC1. The van der Waals surface area contributed by atoms with E-state index >= 15 is 0 Å². The third-order valence-electron chi connectivity index (χ3n) is 6.82. The second-order valence-corrected chi connectivity index (χ2v) is 11.0. The van der Waals surface area contributed by atoms with Crippen molar-refractivity contribution in [3.8, 4) is 0 Å². The zero-order valence-corrected chi connectivity index (χ0v) is 23.6. The standard InChI is InChI=1S/C26H29Br2N5O4/c1-15(34)30-22(14-23(35)17-12-19(27)24(29)20(28)13-17)25(36)32-9-7-18(8-10-32)33-11-6-16-4-2-3-5-21(16)31-26(33)37/h2-5,12-13,18,22H,6-11,14,29H2,1H3,(H,30,34)(H,31,37). The molecule has 0 saturated carbocycles. The molecule has 9 nitrogen and oxygen atoms in total. The number of hydrogen-bond acceptors (Lipinski definition) is 5. The van der Waals surface area contributed by atoms with Gasteiger partial charge in [-0.15, -0.1) is 0 Å². The Kier molecular flexibility index (Phi) is 8.53. The first-order chi connectivity index (χ1) is 17.6. The van der Waals surface area contributed by atoms with Crippen molar-refractivity contribution in [3.05, 3.63) is 56.5 Å². The van der Waals surface area contributed by atoms with Crippen molar-refractivity contribution in [1.29, 1.82) is 0 Å². The summed E-state index contributed by atoms with van der Waals surface area (Å²) >= 11 is 6.67. The van der Waals surface area contributed by atoms with Gasteiger partial charge in [0.15, 0.2) is 5.78 Å². The van der Waals surface area contributed by atoms with Crippen molar-refractivity contribution in [2.45, 2.75) is 44.7 Å². The van der Waals surface area contributed by atoms with Crippen LogP contribution in [0.25, 0.3) is 0 Å². The number of ketones is 1. The van der Waals surface area contributed by atoms with Crippen molar-refractivity contribution >= 4 is 66.9 Å². The average molecular weight is 635 g/mol. The highest BCUT2D eigenvalue weighted by Gasteiger charge is 2.34. The maximum atomic E-state index is 13.4. The van der Waals surface area contributed by atoms with Crippen LogP contribution in [0.5, 0.6) is 0 Å². The summed E-state index contributed by atoms with van der Waals surface area (Å²) in [6, 6.07) is 9.90. The Labute approximate surface area is 232 Å². The quantitative estimate of drug-likeness (QED) is 0.328. The van der Waals surface area contributed by atoms with E-state index in [0.717, 1.165) is 17.7 Å². The van der Waals surface area contributed by atoms with E-state index in [4.69, 9.17) is 5.73 Å². The summed E-state index contributed by atoms with van der Waals surface area (Å²) in [5.41, 5.74) is 8.71. The summed E-state index contributed by atoms with van der Waals surface area (Å²) in [4.78, 5) is 54.6. The number of para-hydroxylation sites is 1. The van der Waals surface area contributed by atoms with Gasteiger partial charge in [-0.1, -0.05) is 18.2 Å². The minimum Gasteiger partial charge on any atom is -0.397 e. The minimum absolute atomic E-state index is 0.00342. The topological polar surface area (TPSA) is 125 Å². The fourth-order valence-corrected chi connectivity index (χ4v) is 6.04. The molecule has 2 aliphatic heterocycles. The van der Waals surface area contributed by atoms with Gasteiger partial charge >= 0.3 is 6.03 Å². The number of Topliss-reactive ketones (excluding diaryl/α,β-unsaturated/α-hetero) is 1. The summed E-state index contributed by atoms with van der Waals surface area (Å²) in [5, 5.41) is 5.64. The fourth-order valence-electron chi connectivity index (χ4n) is 4.85. The Balaban J connectivity index is 1.39. The van der Waals surface area contributed by atoms with Crippen LogP contribution in [0.3, 0.4) is 0 Å². The number of nitrogens with zero attached hydrogens (tertiary/aromatic N) is 2. The number of likely N-dealkylation sites (tertiary alicyclic amines) is 1. The highest BCUT2D eigenvalue weighted by Crippen LogP contribution is 2.30. The number of amides is 4. The Morgan fingerprint density at radius 3 is 2.41 bits per heavy atom. The normalized spacial score (nSPS) is 16.9. The number of rotatable bonds is 6. The van der Waals surface area contributed by atoms with Gasteiger partial charge in [0.25, 0.3) is 0 Å². The summed E-state index contributed by atoms with van der Waals surface area (Å²) in [7, 11) is 0. The molecule has 0 radical (unpaired) electrons. The molecule has 0 aromatic heterocycles. The zero-order chi connectivity index (χ0) is 26.7. The second-order valence-electron chi connectivity index (χ2n) is 9.32. The maximum absolute atomic E-state index is 13.4. The molecule has 0 spiro atoms. The Bertz CT molecular complexity index is 1210. The molecule has 2 heterocycles. The van der Waals surface area contributed by atoms with E-state index in [9.17, 15) is 19.2 Å². The molecule has 2 aromatic rings. The highest BCUT2D eigenvalue weighted by atomic mass is 79.9. The average Bonchev–Trinajstić information content (AvgIpc) is 3.04. The first kappa shape index (κ1) is 27.1. The first-order valence-corrected chi connectivity index (χ1v) is 13.7. The Morgan fingerprint density at radius 2 is 1.76 bits per heavy atom. The zero-order valence-electron chi connectivity index (χ0n) is 20.4. The molecule has 11 heteroatoms. The van der Waals surface area contributed by atoms with Crippen molar-refractivity contribution < 1.29 is 19.2 Å². The first-order valence-electron chi connectivity index (χ1n) is 12.1. The van der Waals surface area contributed by atoms with E-state index in [1.807, 2.05) is 29.2 Å². The number of carbonyl (C=O) groups excluding carboxylic acids is 4. The molecule has 4 amide bonds. The number of fused-ring (bicyclic) bond motifs is 1. The van der Waals surface area contributed by atoms with Crippen molar-refractivity contribution in [3.63, 3.8) is 0 Å². The number of carbonyl (C=O) groups is 4. The molecule has 1 unspecified atom stereocenters. The molecular formula is C26H29Br2N5O4. The summed E-state index contributed by atoms with van der Waals surface area (Å²) in [6.45, 7) is 2.80. The number of nitrogens with two attached hydrogens (primary N) is 1. The molecule has 1 saturated heterocycles. The lowest BCUT2D eigenvalue weighted by molar-refractivity contribution is -0.137. The smallest absolute Gasteiger partial charge is 0.322 e. The molecule has 196 valence electrons. The number of nitrogens with one attached hydrogen (secondary N) is 2. The highest BCUT2D eigenvalue weighted by molar-refractivity contribution is 9.11. The molecular weight excluding hydrogens is 606 g/mol. The molecule has 0 aliphatic carbocycles. The molecule has 37 heavy (non-hydrogen) atoms. The third-order valence-corrected chi connectivity index (χ3v) is 8.14. The lowest BCUT2D eigenvalue weighted by atomic mass is 9.99. The second kappa shape index (κ2) is 11.6.